The second-order valence-electron chi connectivity index (χ2n) is 3.19. The summed E-state index contributed by atoms with van der Waals surface area (Å²) in [7, 11) is 1.50. The van der Waals surface area contributed by atoms with E-state index in [1.165, 1.54) is 7.11 Å². The molecule has 0 aromatic rings. The van der Waals surface area contributed by atoms with Gasteiger partial charge in [-0.2, -0.15) is 0 Å². The Morgan fingerprint density at radius 3 is 3.00 bits per heavy atom. The van der Waals surface area contributed by atoms with Crippen molar-refractivity contribution in [1.82, 2.24) is 5.32 Å². The zero-order valence-electron chi connectivity index (χ0n) is 8.62. The minimum absolute atomic E-state index is 0.0308. The predicted molar refractivity (Wildman–Crippen MR) is 50.0 cm³/mol. The lowest BCUT2D eigenvalue weighted by molar-refractivity contribution is -0.132. The molecule has 1 rings (SSSR count). The highest BCUT2D eigenvalue weighted by Crippen LogP contribution is 1.99. The van der Waals surface area contributed by atoms with Crippen molar-refractivity contribution in [3.05, 3.63) is 0 Å². The Morgan fingerprint density at radius 2 is 2.43 bits per heavy atom. The number of nitrogens with one attached hydrogen (secondary N) is 1. The van der Waals surface area contributed by atoms with Crippen molar-refractivity contribution < 1.29 is 19.0 Å². The van der Waals surface area contributed by atoms with Crippen LogP contribution in [0.1, 0.15) is 6.92 Å². The van der Waals surface area contributed by atoms with Crippen LogP contribution in [0.5, 0.6) is 0 Å². The van der Waals surface area contributed by atoms with Crippen molar-refractivity contribution >= 4 is 5.91 Å². The van der Waals surface area contributed by atoms with Gasteiger partial charge < -0.3 is 19.5 Å². The normalized spacial score (nSPS) is 24.3. The summed E-state index contributed by atoms with van der Waals surface area (Å²) in [6.45, 7) is 3.96. The van der Waals surface area contributed by atoms with Crippen molar-refractivity contribution in [3.8, 4) is 0 Å². The minimum Gasteiger partial charge on any atom is -0.376 e. The van der Waals surface area contributed by atoms with Crippen LogP contribution in [-0.4, -0.2) is 51.6 Å². The molecule has 5 heteroatoms. The van der Waals surface area contributed by atoms with Crippen LogP contribution in [0.3, 0.4) is 0 Å². The molecule has 1 N–H and O–H groups in total. The summed E-state index contributed by atoms with van der Waals surface area (Å²) in [6, 6.07) is 0. The smallest absolute Gasteiger partial charge is 0.248 e. The van der Waals surface area contributed by atoms with Gasteiger partial charge in [0.05, 0.1) is 25.9 Å². The zero-order valence-corrected chi connectivity index (χ0v) is 8.62. The third-order valence-electron chi connectivity index (χ3n) is 2.11. The maximum absolute atomic E-state index is 11.3. The fourth-order valence-corrected chi connectivity index (χ4v) is 1.12. The van der Waals surface area contributed by atoms with Crippen LogP contribution in [0.4, 0.5) is 0 Å². The van der Waals surface area contributed by atoms with E-state index in [1.807, 2.05) is 0 Å². The standard InChI is InChI=1S/C9H17NO4/c1-7(12-2)9(11)10-5-8-6-13-3-4-14-8/h7-8H,3-6H2,1-2H3,(H,10,11). The van der Waals surface area contributed by atoms with Gasteiger partial charge in [-0.3, -0.25) is 4.79 Å². The van der Waals surface area contributed by atoms with Crippen molar-refractivity contribution in [3.63, 3.8) is 0 Å². The Labute approximate surface area is 83.7 Å². The van der Waals surface area contributed by atoms with Crippen molar-refractivity contribution in [2.45, 2.75) is 19.1 Å². The molecule has 1 aliphatic heterocycles. The van der Waals surface area contributed by atoms with Crippen LogP contribution in [-0.2, 0) is 19.0 Å². The van der Waals surface area contributed by atoms with E-state index in [4.69, 9.17) is 14.2 Å². The molecule has 1 heterocycles. The average molecular weight is 203 g/mol. The number of ether oxygens (including phenoxy) is 3. The van der Waals surface area contributed by atoms with E-state index >= 15 is 0 Å². The maximum Gasteiger partial charge on any atom is 0.248 e. The molecule has 0 saturated carbocycles. The van der Waals surface area contributed by atoms with Crippen LogP contribution < -0.4 is 5.32 Å². The summed E-state index contributed by atoms with van der Waals surface area (Å²) < 4.78 is 15.4. The molecule has 0 bridgehead atoms. The second-order valence-corrected chi connectivity index (χ2v) is 3.19. The lowest BCUT2D eigenvalue weighted by Crippen LogP contribution is -2.43. The van der Waals surface area contributed by atoms with Gasteiger partial charge in [-0.15, -0.1) is 0 Å². The second kappa shape index (κ2) is 5.95. The lowest BCUT2D eigenvalue weighted by atomic mass is 10.3. The molecule has 82 valence electrons. The first-order valence-corrected chi connectivity index (χ1v) is 4.74. The first-order chi connectivity index (χ1) is 6.74. The highest BCUT2D eigenvalue weighted by Gasteiger charge is 2.17. The summed E-state index contributed by atoms with van der Waals surface area (Å²) in [6.07, 6.45) is -0.448. The molecule has 2 unspecified atom stereocenters. The summed E-state index contributed by atoms with van der Waals surface area (Å²) in [5, 5.41) is 2.73. The molecule has 0 radical (unpaired) electrons. The van der Waals surface area contributed by atoms with Crippen LogP contribution in [0.25, 0.3) is 0 Å². The fourth-order valence-electron chi connectivity index (χ4n) is 1.12. The number of amides is 1. The van der Waals surface area contributed by atoms with Gasteiger partial charge in [0.1, 0.15) is 6.10 Å². The van der Waals surface area contributed by atoms with E-state index in [0.717, 1.165) is 0 Å². The van der Waals surface area contributed by atoms with Crippen LogP contribution in [0.15, 0.2) is 0 Å². The van der Waals surface area contributed by atoms with E-state index in [1.54, 1.807) is 6.92 Å². The molecule has 1 fully saturated rings. The summed E-state index contributed by atoms with van der Waals surface area (Å²) >= 11 is 0. The highest BCUT2D eigenvalue weighted by atomic mass is 16.6. The Morgan fingerprint density at radius 1 is 1.64 bits per heavy atom. The lowest BCUT2D eigenvalue weighted by Gasteiger charge is -2.23. The minimum atomic E-state index is -0.417. The molecule has 5 nitrogen and oxygen atoms in total. The molecule has 1 amide bonds. The molecule has 0 aromatic carbocycles. The van der Waals surface area contributed by atoms with Crippen LogP contribution >= 0.6 is 0 Å². The first kappa shape index (κ1) is 11.4. The average Bonchev–Trinajstić information content (AvgIpc) is 2.26. The molecule has 0 aromatic heterocycles. The van der Waals surface area contributed by atoms with Gasteiger partial charge in [0.25, 0.3) is 0 Å². The van der Waals surface area contributed by atoms with Gasteiger partial charge in [0.2, 0.25) is 5.91 Å². The van der Waals surface area contributed by atoms with E-state index in [9.17, 15) is 4.79 Å². The van der Waals surface area contributed by atoms with Gasteiger partial charge in [0, 0.05) is 13.7 Å². The van der Waals surface area contributed by atoms with Crippen molar-refractivity contribution in [2.75, 3.05) is 33.5 Å². The summed E-state index contributed by atoms with van der Waals surface area (Å²) in [5.74, 6) is -0.123. The van der Waals surface area contributed by atoms with Gasteiger partial charge >= 0.3 is 0 Å². The molecule has 1 saturated heterocycles. The highest BCUT2D eigenvalue weighted by molar-refractivity contribution is 5.80. The number of rotatable bonds is 4. The Hall–Kier alpha value is -0.650. The molecule has 2 atom stereocenters. The van der Waals surface area contributed by atoms with E-state index in [0.29, 0.717) is 26.4 Å². The zero-order chi connectivity index (χ0) is 10.4. The van der Waals surface area contributed by atoms with Gasteiger partial charge in [-0.1, -0.05) is 0 Å². The maximum atomic E-state index is 11.3. The molecular formula is C9H17NO4. The largest absolute Gasteiger partial charge is 0.376 e. The van der Waals surface area contributed by atoms with Crippen molar-refractivity contribution in [1.29, 1.82) is 0 Å². The van der Waals surface area contributed by atoms with Crippen LogP contribution in [0, 0.1) is 0 Å². The number of carbonyl (C=O) groups excluding carboxylic acids is 1. The number of carbonyl (C=O) groups is 1. The predicted octanol–water partition coefficient (Wildman–Crippen LogP) is -0.447. The van der Waals surface area contributed by atoms with Crippen molar-refractivity contribution in [2.24, 2.45) is 0 Å². The number of hydrogen-bond acceptors (Lipinski definition) is 4. The third-order valence-corrected chi connectivity index (χ3v) is 2.11. The van der Waals surface area contributed by atoms with Gasteiger partial charge in [0.15, 0.2) is 0 Å². The fraction of sp³-hybridized carbons (Fsp3) is 0.889. The monoisotopic (exact) mass is 203 g/mol. The molecular weight excluding hydrogens is 186 g/mol. The van der Waals surface area contributed by atoms with Gasteiger partial charge in [-0.25, -0.2) is 0 Å². The number of methoxy groups -OCH3 is 1. The Bertz CT molecular complexity index is 180. The van der Waals surface area contributed by atoms with Gasteiger partial charge in [-0.05, 0) is 6.92 Å². The summed E-state index contributed by atoms with van der Waals surface area (Å²) in [4.78, 5) is 11.3. The topological polar surface area (TPSA) is 56.8 Å². The van der Waals surface area contributed by atoms with E-state index < -0.39 is 6.10 Å². The molecule has 14 heavy (non-hydrogen) atoms. The Kier molecular flexibility index (Phi) is 4.86. The molecule has 1 aliphatic rings. The first-order valence-electron chi connectivity index (χ1n) is 4.74. The van der Waals surface area contributed by atoms with Crippen LogP contribution in [0.2, 0.25) is 0 Å². The number of hydrogen-bond donors (Lipinski definition) is 1. The summed E-state index contributed by atoms with van der Waals surface area (Å²) in [5.41, 5.74) is 0. The third kappa shape index (κ3) is 3.61. The molecule has 0 aliphatic carbocycles. The van der Waals surface area contributed by atoms with E-state index in [2.05, 4.69) is 5.32 Å². The van der Waals surface area contributed by atoms with E-state index in [-0.39, 0.29) is 12.0 Å². The quantitative estimate of drug-likeness (QED) is 0.672. The molecule has 0 spiro atoms. The SMILES string of the molecule is COC(C)C(=O)NCC1COCCO1. The Balaban J connectivity index is 2.15.